The predicted octanol–water partition coefficient (Wildman–Crippen LogP) is 1.63. The zero-order valence-electron chi connectivity index (χ0n) is 11.0. The smallest absolute Gasteiger partial charge is 0.355 e. The summed E-state index contributed by atoms with van der Waals surface area (Å²) in [5.41, 5.74) is -0.108. The molecule has 0 aliphatic rings. The number of rotatable bonds is 8. The molecule has 0 saturated carbocycles. The van der Waals surface area contributed by atoms with E-state index in [4.69, 9.17) is 9.84 Å². The summed E-state index contributed by atoms with van der Waals surface area (Å²) in [7, 11) is 0. The fourth-order valence-electron chi connectivity index (χ4n) is 1.21. The van der Waals surface area contributed by atoms with Gasteiger partial charge in [0.15, 0.2) is 10.7 Å². The summed E-state index contributed by atoms with van der Waals surface area (Å²) in [4.78, 5) is 25.9. The van der Waals surface area contributed by atoms with E-state index in [-0.39, 0.29) is 16.6 Å². The largest absolute Gasteiger partial charge is 0.476 e. The average molecular weight is 286 g/mol. The molecule has 0 bridgehead atoms. The van der Waals surface area contributed by atoms with Crippen LogP contribution in [0, 0.1) is 5.92 Å². The number of aromatic carboxylic acids is 1. The Balaban J connectivity index is 2.22. The molecular weight excluding hydrogens is 268 g/mol. The lowest BCUT2D eigenvalue weighted by Crippen LogP contribution is -2.27. The lowest BCUT2D eigenvalue weighted by Gasteiger charge is -2.06. The summed E-state index contributed by atoms with van der Waals surface area (Å²) in [6.45, 7) is 5.74. The van der Waals surface area contributed by atoms with Gasteiger partial charge in [0.2, 0.25) is 0 Å². The molecule has 19 heavy (non-hydrogen) atoms. The maximum absolute atomic E-state index is 11.6. The maximum atomic E-state index is 11.6. The van der Waals surface area contributed by atoms with Gasteiger partial charge in [0.1, 0.15) is 0 Å². The molecular formula is C12H18N2O4S. The van der Waals surface area contributed by atoms with E-state index in [9.17, 15) is 9.59 Å². The third-order valence-corrected chi connectivity index (χ3v) is 3.13. The van der Waals surface area contributed by atoms with Crippen molar-refractivity contribution < 1.29 is 19.4 Å². The SMILES string of the molecule is CC(C)CCOCCNC(=O)c1nc(C(=O)O)cs1. The Labute approximate surface area is 115 Å². The van der Waals surface area contributed by atoms with Crippen LogP contribution in [0.3, 0.4) is 0 Å². The van der Waals surface area contributed by atoms with Crippen molar-refractivity contribution in [1.29, 1.82) is 0 Å². The van der Waals surface area contributed by atoms with Gasteiger partial charge in [-0.3, -0.25) is 4.79 Å². The van der Waals surface area contributed by atoms with Crippen molar-refractivity contribution in [1.82, 2.24) is 10.3 Å². The van der Waals surface area contributed by atoms with Gasteiger partial charge in [-0.2, -0.15) is 0 Å². The van der Waals surface area contributed by atoms with Crippen LogP contribution in [0.25, 0.3) is 0 Å². The second kappa shape index (κ2) is 7.85. The highest BCUT2D eigenvalue weighted by Crippen LogP contribution is 2.09. The Morgan fingerprint density at radius 2 is 2.21 bits per heavy atom. The number of aromatic nitrogens is 1. The first-order chi connectivity index (χ1) is 9.00. The van der Waals surface area contributed by atoms with Gasteiger partial charge in [0.25, 0.3) is 5.91 Å². The Bertz CT molecular complexity index is 431. The van der Waals surface area contributed by atoms with Crippen LogP contribution >= 0.6 is 11.3 Å². The number of hydrogen-bond donors (Lipinski definition) is 2. The van der Waals surface area contributed by atoms with Crippen molar-refractivity contribution in [3.63, 3.8) is 0 Å². The van der Waals surface area contributed by atoms with E-state index in [1.54, 1.807) is 0 Å². The highest BCUT2D eigenvalue weighted by atomic mass is 32.1. The summed E-state index contributed by atoms with van der Waals surface area (Å²) in [5, 5.41) is 12.8. The number of ether oxygens (including phenoxy) is 1. The normalized spacial score (nSPS) is 10.7. The lowest BCUT2D eigenvalue weighted by molar-refractivity contribution is 0.0691. The van der Waals surface area contributed by atoms with Gasteiger partial charge in [0.05, 0.1) is 6.61 Å². The van der Waals surface area contributed by atoms with Gasteiger partial charge in [-0.1, -0.05) is 13.8 Å². The monoisotopic (exact) mass is 286 g/mol. The first-order valence-electron chi connectivity index (χ1n) is 6.05. The average Bonchev–Trinajstić information content (AvgIpc) is 2.82. The molecule has 0 radical (unpaired) electrons. The van der Waals surface area contributed by atoms with Gasteiger partial charge < -0.3 is 15.2 Å². The Kier molecular flexibility index (Phi) is 6.44. The third-order valence-electron chi connectivity index (χ3n) is 2.29. The maximum Gasteiger partial charge on any atom is 0.355 e. The molecule has 106 valence electrons. The van der Waals surface area contributed by atoms with Crippen molar-refractivity contribution in [2.24, 2.45) is 5.92 Å². The molecule has 0 aliphatic heterocycles. The van der Waals surface area contributed by atoms with Crippen molar-refractivity contribution in [2.75, 3.05) is 19.8 Å². The fourth-order valence-corrected chi connectivity index (χ4v) is 1.92. The Hall–Kier alpha value is -1.47. The number of nitrogens with zero attached hydrogens (tertiary/aromatic N) is 1. The minimum atomic E-state index is -1.13. The number of carboxylic acids is 1. The lowest BCUT2D eigenvalue weighted by atomic mass is 10.1. The molecule has 0 spiro atoms. The van der Waals surface area contributed by atoms with Crippen LogP contribution < -0.4 is 5.32 Å². The van der Waals surface area contributed by atoms with Crippen LogP contribution in [0.5, 0.6) is 0 Å². The van der Waals surface area contributed by atoms with Crippen LogP contribution in [0.2, 0.25) is 0 Å². The minimum Gasteiger partial charge on any atom is -0.476 e. The van der Waals surface area contributed by atoms with Crippen molar-refractivity contribution >= 4 is 23.2 Å². The summed E-state index contributed by atoms with van der Waals surface area (Å²) >= 11 is 1.01. The molecule has 0 unspecified atom stereocenters. The number of amides is 1. The Morgan fingerprint density at radius 1 is 1.47 bits per heavy atom. The molecule has 2 N–H and O–H groups in total. The van der Waals surface area contributed by atoms with E-state index in [1.807, 2.05) is 0 Å². The van der Waals surface area contributed by atoms with E-state index in [0.29, 0.717) is 25.7 Å². The molecule has 0 saturated heterocycles. The van der Waals surface area contributed by atoms with Crippen molar-refractivity contribution in [3.05, 3.63) is 16.1 Å². The molecule has 1 heterocycles. The zero-order chi connectivity index (χ0) is 14.3. The van der Waals surface area contributed by atoms with Gasteiger partial charge >= 0.3 is 5.97 Å². The summed E-state index contributed by atoms with van der Waals surface area (Å²) < 4.78 is 5.35. The second-order valence-electron chi connectivity index (χ2n) is 4.39. The quantitative estimate of drug-likeness (QED) is 0.709. The molecule has 0 fully saturated rings. The van der Waals surface area contributed by atoms with Crippen molar-refractivity contribution in [2.45, 2.75) is 20.3 Å². The number of thiazole rings is 1. The first-order valence-corrected chi connectivity index (χ1v) is 6.93. The first kappa shape index (κ1) is 15.6. The molecule has 6 nitrogen and oxygen atoms in total. The van der Waals surface area contributed by atoms with Crippen molar-refractivity contribution in [3.8, 4) is 0 Å². The van der Waals surface area contributed by atoms with E-state index in [1.165, 1.54) is 5.38 Å². The number of carbonyl (C=O) groups is 2. The summed E-state index contributed by atoms with van der Waals surface area (Å²) in [6.07, 6.45) is 0.988. The van der Waals surface area contributed by atoms with Gasteiger partial charge in [0, 0.05) is 18.5 Å². The van der Waals surface area contributed by atoms with Crippen LogP contribution in [-0.2, 0) is 4.74 Å². The summed E-state index contributed by atoms with van der Waals surface area (Å²) in [6, 6.07) is 0. The topological polar surface area (TPSA) is 88.5 Å². The van der Waals surface area contributed by atoms with E-state index in [0.717, 1.165) is 17.8 Å². The van der Waals surface area contributed by atoms with Crippen LogP contribution in [-0.4, -0.2) is 41.7 Å². The fraction of sp³-hybridized carbons (Fsp3) is 0.583. The van der Waals surface area contributed by atoms with Crippen LogP contribution in [0.15, 0.2) is 5.38 Å². The molecule has 1 aromatic heterocycles. The number of carboxylic acid groups (broad SMARTS) is 1. The molecule has 1 amide bonds. The van der Waals surface area contributed by atoms with Crippen LogP contribution in [0.4, 0.5) is 0 Å². The van der Waals surface area contributed by atoms with Gasteiger partial charge in [-0.25, -0.2) is 9.78 Å². The predicted molar refractivity (Wildman–Crippen MR) is 71.7 cm³/mol. The van der Waals surface area contributed by atoms with Gasteiger partial charge in [-0.05, 0) is 12.3 Å². The minimum absolute atomic E-state index is 0.108. The molecule has 0 aliphatic carbocycles. The van der Waals surface area contributed by atoms with E-state index in [2.05, 4.69) is 24.1 Å². The van der Waals surface area contributed by atoms with E-state index < -0.39 is 5.97 Å². The van der Waals surface area contributed by atoms with Crippen LogP contribution in [0.1, 0.15) is 40.6 Å². The third kappa shape index (κ3) is 5.80. The summed E-state index contributed by atoms with van der Waals surface area (Å²) in [5.74, 6) is -0.906. The van der Waals surface area contributed by atoms with Gasteiger partial charge in [-0.15, -0.1) is 11.3 Å². The molecule has 1 rings (SSSR count). The highest BCUT2D eigenvalue weighted by molar-refractivity contribution is 7.11. The van der Waals surface area contributed by atoms with E-state index >= 15 is 0 Å². The number of nitrogens with one attached hydrogen (secondary N) is 1. The molecule has 7 heteroatoms. The molecule has 0 atom stereocenters. The molecule has 0 aromatic carbocycles. The Morgan fingerprint density at radius 3 is 2.79 bits per heavy atom. The molecule has 1 aromatic rings. The number of hydrogen-bond acceptors (Lipinski definition) is 5. The standard InChI is InChI=1S/C12H18N2O4S/c1-8(2)3-5-18-6-4-13-10(15)11-14-9(7-19-11)12(16)17/h7-8H,3-6H2,1-2H3,(H,13,15)(H,16,17). The highest BCUT2D eigenvalue weighted by Gasteiger charge is 2.13. The second-order valence-corrected chi connectivity index (χ2v) is 5.25. The number of carbonyl (C=O) groups excluding carboxylic acids is 1. The zero-order valence-corrected chi connectivity index (χ0v) is 11.8.